The molecule has 0 spiro atoms. The second kappa shape index (κ2) is 16.8. The maximum atomic E-state index is 13.7. The lowest BCUT2D eigenvalue weighted by atomic mass is 9.63. The monoisotopic (exact) mass is 770 g/mol. The van der Waals surface area contributed by atoms with Gasteiger partial charge in [-0.05, 0) is 92.5 Å². The van der Waals surface area contributed by atoms with Gasteiger partial charge in [-0.25, -0.2) is 8.42 Å². The lowest BCUT2D eigenvalue weighted by Crippen LogP contribution is -2.59. The van der Waals surface area contributed by atoms with Crippen LogP contribution in [0, 0.1) is 29.6 Å². The highest BCUT2D eigenvalue weighted by molar-refractivity contribution is 7.90. The first-order valence-corrected chi connectivity index (χ1v) is 21.8. The molecule has 1 amide bonds. The van der Waals surface area contributed by atoms with Crippen molar-refractivity contribution in [3.8, 4) is 0 Å². The summed E-state index contributed by atoms with van der Waals surface area (Å²) in [5.74, 6) is 0.796. The minimum Gasteiger partial charge on any atom is -0.487 e. The maximum absolute atomic E-state index is 13.7. The minimum atomic E-state index is -3.91. The number of piperazine rings is 1. The number of fused-ring (bicyclic) bond motifs is 3. The Balaban J connectivity index is 1.19. The van der Waals surface area contributed by atoms with E-state index in [9.17, 15) is 13.2 Å². The van der Waals surface area contributed by atoms with Crippen molar-refractivity contribution in [1.82, 2.24) is 19.4 Å². The molecule has 1 aromatic carbocycles. The third-order valence-corrected chi connectivity index (χ3v) is 15.2. The number of carbonyl (C=O) groups is 1. The van der Waals surface area contributed by atoms with Crippen molar-refractivity contribution in [2.75, 3.05) is 72.7 Å². The van der Waals surface area contributed by atoms with Crippen LogP contribution in [0.3, 0.4) is 0 Å². The van der Waals surface area contributed by atoms with Crippen LogP contribution in [0.25, 0.3) is 0 Å². The first-order chi connectivity index (χ1) is 25.5. The molecular weight excluding hydrogens is 712 g/mol. The van der Waals surface area contributed by atoms with Crippen LogP contribution in [0.1, 0.15) is 63.5 Å². The zero-order valence-corrected chi connectivity index (χ0v) is 33.4. The van der Waals surface area contributed by atoms with E-state index in [1.54, 1.807) is 6.92 Å². The number of benzene rings is 1. The van der Waals surface area contributed by atoms with Gasteiger partial charge < -0.3 is 24.0 Å². The molecule has 2 bridgehead atoms. The Hall–Kier alpha value is -2.41. The quantitative estimate of drug-likeness (QED) is 0.396. The van der Waals surface area contributed by atoms with E-state index in [1.165, 1.54) is 5.56 Å². The number of sulfonamides is 1. The third kappa shape index (κ3) is 8.86. The number of allylic oxidation sites excluding steroid dienone is 3. The first kappa shape index (κ1) is 38.8. The Morgan fingerprint density at radius 1 is 1.04 bits per heavy atom. The van der Waals surface area contributed by atoms with Crippen molar-refractivity contribution in [2.45, 2.75) is 76.3 Å². The molecule has 1 unspecified atom stereocenters. The van der Waals surface area contributed by atoms with Crippen LogP contribution < -0.4 is 4.72 Å². The predicted octanol–water partition coefficient (Wildman–Crippen LogP) is 5.39. The third-order valence-electron chi connectivity index (χ3n) is 13.1. The molecule has 10 nitrogen and oxygen atoms in total. The Labute approximate surface area is 321 Å². The number of aryl methyl sites for hydroxylation is 1. The van der Waals surface area contributed by atoms with Crippen molar-refractivity contribution < 1.29 is 27.4 Å². The zero-order chi connectivity index (χ0) is 37.2. The lowest BCUT2D eigenvalue weighted by molar-refractivity contribution is -0.122. The number of carbonyl (C=O) groups excluding carboxylic acids is 1. The Kier molecular flexibility index (Phi) is 12.3. The van der Waals surface area contributed by atoms with E-state index in [0.717, 1.165) is 120 Å². The molecule has 53 heavy (non-hydrogen) atoms. The first-order valence-electron chi connectivity index (χ1n) is 19.9. The number of rotatable bonds is 5. The molecule has 3 fully saturated rings. The molecule has 2 aliphatic carbocycles. The van der Waals surface area contributed by atoms with Gasteiger partial charge in [-0.2, -0.15) is 0 Å². The van der Waals surface area contributed by atoms with Crippen LogP contribution in [0.2, 0.25) is 5.02 Å². The number of nitrogens with zero attached hydrogens (tertiary/aromatic N) is 3. The molecule has 6 atom stereocenters. The second-order valence-corrected chi connectivity index (χ2v) is 19.0. The fourth-order valence-electron chi connectivity index (χ4n) is 9.17. The molecule has 4 heterocycles. The average Bonchev–Trinajstić information content (AvgIpc) is 3.14. The molecule has 2 saturated heterocycles. The highest BCUT2D eigenvalue weighted by atomic mass is 35.5. The van der Waals surface area contributed by atoms with Crippen LogP contribution in [0.5, 0.6) is 0 Å². The summed E-state index contributed by atoms with van der Waals surface area (Å²) in [6.07, 6.45) is 14.1. The van der Waals surface area contributed by atoms with E-state index < -0.39 is 32.7 Å². The summed E-state index contributed by atoms with van der Waals surface area (Å²) in [5.41, 5.74) is 2.80. The summed E-state index contributed by atoms with van der Waals surface area (Å²) >= 11 is 6.42. The number of ether oxygens (including phenoxy) is 3. The predicted molar refractivity (Wildman–Crippen MR) is 208 cm³/mol. The smallest absolute Gasteiger partial charge is 0.240 e. The van der Waals surface area contributed by atoms with Crippen molar-refractivity contribution in [1.29, 1.82) is 0 Å². The molecule has 1 aromatic rings. The van der Waals surface area contributed by atoms with Crippen LogP contribution in [-0.4, -0.2) is 113 Å². The number of amides is 1. The van der Waals surface area contributed by atoms with E-state index in [1.807, 2.05) is 38.3 Å². The molecule has 292 valence electrons. The van der Waals surface area contributed by atoms with Gasteiger partial charge in [0.15, 0.2) is 0 Å². The largest absolute Gasteiger partial charge is 0.487 e. The number of hydrogen-bond acceptors (Lipinski definition) is 9. The minimum absolute atomic E-state index is 0.199. The molecule has 6 aliphatic rings. The summed E-state index contributed by atoms with van der Waals surface area (Å²) in [6.45, 7) is 13.5. The molecule has 1 saturated carbocycles. The summed E-state index contributed by atoms with van der Waals surface area (Å²) in [4.78, 5) is 21.3. The van der Waals surface area contributed by atoms with E-state index >= 15 is 0 Å². The molecule has 0 aromatic heterocycles. The standard InChI is InChI=1S/C41H59ClN4O6S/c1-29-7-6-15-41(50-3,28-45-19-17-44(18-20-45)23-31-25-51-26-31)37-13-10-34(37)24-46-16-5-4-8-32-21-36(42)12-9-35(32)27-52-39-14-11-33(22-38(39)46)40(47)43-53(48,49)30(29)2/h6,9,11-12,14-15,21,29-31,33-34,37H,4-5,7-8,10,13,16-20,22-28H2,1-3H3,(H,43,47)/b15-6+/t29-,30+,33?,34-,37+,41+/m0/s1. The van der Waals surface area contributed by atoms with Gasteiger partial charge in [-0.1, -0.05) is 42.8 Å². The van der Waals surface area contributed by atoms with Gasteiger partial charge in [0.05, 0.1) is 30.1 Å². The number of nitrogens with one attached hydrogen (secondary N) is 1. The second-order valence-electron chi connectivity index (χ2n) is 16.5. The summed E-state index contributed by atoms with van der Waals surface area (Å²) in [7, 11) is -2.05. The van der Waals surface area contributed by atoms with Crippen LogP contribution in [0.15, 0.2) is 54.0 Å². The Bertz CT molecular complexity index is 1670. The summed E-state index contributed by atoms with van der Waals surface area (Å²) in [5, 5.41) is -0.0220. The fraction of sp³-hybridized carbons (Fsp3) is 0.683. The van der Waals surface area contributed by atoms with E-state index in [-0.39, 0.29) is 5.92 Å². The van der Waals surface area contributed by atoms with Gasteiger partial charge in [0, 0.05) is 76.8 Å². The van der Waals surface area contributed by atoms with Crippen LogP contribution >= 0.6 is 11.6 Å². The summed E-state index contributed by atoms with van der Waals surface area (Å²) in [6, 6.07) is 6.02. The van der Waals surface area contributed by atoms with Gasteiger partial charge in [0.2, 0.25) is 15.9 Å². The molecule has 4 aliphatic heterocycles. The maximum Gasteiger partial charge on any atom is 0.240 e. The Morgan fingerprint density at radius 2 is 1.83 bits per heavy atom. The highest BCUT2D eigenvalue weighted by Gasteiger charge is 2.48. The lowest BCUT2D eigenvalue weighted by Gasteiger charge is -2.52. The van der Waals surface area contributed by atoms with Gasteiger partial charge in [-0.3, -0.25) is 14.4 Å². The number of halogens is 1. The molecular formula is C41H59ClN4O6S. The van der Waals surface area contributed by atoms with Gasteiger partial charge in [-0.15, -0.1) is 0 Å². The average molecular weight is 771 g/mol. The van der Waals surface area contributed by atoms with E-state index in [0.29, 0.717) is 37.2 Å². The molecule has 0 radical (unpaired) electrons. The molecule has 12 heteroatoms. The SMILES string of the molecule is CO[C@@]1(CN2CCN(CC3COC3)CC2)/C=C/C[C@H](C)[C@@H](C)S(=O)(=O)NC(=O)C2C=CC3=C(C2)N(CCCCc2cc(Cl)ccc2CO3)C[C@@H]2CC[C@H]21. The highest BCUT2D eigenvalue weighted by Crippen LogP contribution is 2.46. The van der Waals surface area contributed by atoms with Crippen molar-refractivity contribution in [2.24, 2.45) is 29.6 Å². The zero-order valence-electron chi connectivity index (χ0n) is 31.8. The van der Waals surface area contributed by atoms with Crippen molar-refractivity contribution >= 4 is 27.5 Å². The van der Waals surface area contributed by atoms with Gasteiger partial charge in [0.25, 0.3) is 0 Å². The van der Waals surface area contributed by atoms with Gasteiger partial charge >= 0.3 is 0 Å². The number of methoxy groups -OCH3 is 1. The Morgan fingerprint density at radius 3 is 2.55 bits per heavy atom. The topological polar surface area (TPSA) is 101 Å². The number of hydrogen-bond donors (Lipinski definition) is 1. The fourth-order valence-corrected chi connectivity index (χ4v) is 10.7. The van der Waals surface area contributed by atoms with Gasteiger partial charge in [0.1, 0.15) is 18.0 Å². The molecule has 7 rings (SSSR count). The molecule has 1 N–H and O–H groups in total. The summed E-state index contributed by atoms with van der Waals surface area (Å²) < 4.78 is 48.4. The van der Waals surface area contributed by atoms with Crippen molar-refractivity contribution in [3.63, 3.8) is 0 Å². The van der Waals surface area contributed by atoms with E-state index in [2.05, 4.69) is 37.6 Å². The van der Waals surface area contributed by atoms with Crippen molar-refractivity contribution in [3.05, 3.63) is 70.1 Å². The van der Waals surface area contributed by atoms with Crippen LogP contribution in [-0.2, 0) is 42.1 Å². The van der Waals surface area contributed by atoms with E-state index in [4.69, 9.17) is 25.8 Å². The normalized spacial score (nSPS) is 34.0. The van der Waals surface area contributed by atoms with Crippen LogP contribution in [0.4, 0.5) is 0 Å².